The maximum absolute atomic E-state index is 11.8. The molecule has 2 amide bonds. The fourth-order valence-corrected chi connectivity index (χ4v) is 2.34. The molecule has 0 aromatic carbocycles. The molecule has 0 radical (unpaired) electrons. The molecule has 0 heterocycles. The van der Waals surface area contributed by atoms with Gasteiger partial charge in [0.1, 0.15) is 0 Å². The standard InChI is InChI=1S/C13H20N2O3/c16-12(17)8-11(9-6-7-9)15-13(18)14-10-4-2-1-3-5-10/h1-2,9-11H,3-8H2,(H,16,17)(H2,14,15,18). The van der Waals surface area contributed by atoms with E-state index in [0.717, 1.165) is 32.1 Å². The Hall–Kier alpha value is -1.52. The van der Waals surface area contributed by atoms with Gasteiger partial charge in [0, 0.05) is 12.1 Å². The third kappa shape index (κ3) is 4.05. The Kier molecular flexibility index (Phi) is 4.23. The molecule has 2 aliphatic carbocycles. The summed E-state index contributed by atoms with van der Waals surface area (Å²) < 4.78 is 0. The first-order valence-corrected chi connectivity index (χ1v) is 6.59. The topological polar surface area (TPSA) is 78.4 Å². The summed E-state index contributed by atoms with van der Waals surface area (Å²) in [5.41, 5.74) is 0. The molecule has 18 heavy (non-hydrogen) atoms. The minimum atomic E-state index is -0.854. The van der Waals surface area contributed by atoms with Gasteiger partial charge in [0.25, 0.3) is 0 Å². The maximum Gasteiger partial charge on any atom is 0.315 e. The lowest BCUT2D eigenvalue weighted by molar-refractivity contribution is -0.137. The summed E-state index contributed by atoms with van der Waals surface area (Å²) in [5, 5.41) is 14.5. The Morgan fingerprint density at radius 1 is 1.28 bits per heavy atom. The van der Waals surface area contributed by atoms with Crippen LogP contribution in [-0.4, -0.2) is 29.2 Å². The summed E-state index contributed by atoms with van der Waals surface area (Å²) in [7, 11) is 0. The second kappa shape index (κ2) is 5.89. The molecule has 2 atom stereocenters. The van der Waals surface area contributed by atoms with E-state index in [4.69, 9.17) is 5.11 Å². The van der Waals surface area contributed by atoms with Crippen molar-refractivity contribution < 1.29 is 14.7 Å². The van der Waals surface area contributed by atoms with E-state index in [9.17, 15) is 9.59 Å². The number of hydrogen-bond donors (Lipinski definition) is 3. The number of carboxylic acid groups (broad SMARTS) is 1. The molecule has 0 aliphatic heterocycles. The lowest BCUT2D eigenvalue weighted by Crippen LogP contribution is -2.47. The average molecular weight is 252 g/mol. The second-order valence-electron chi connectivity index (χ2n) is 5.14. The number of rotatable bonds is 5. The Labute approximate surface area is 107 Å². The van der Waals surface area contributed by atoms with E-state index < -0.39 is 5.97 Å². The van der Waals surface area contributed by atoms with Crippen LogP contribution in [0.15, 0.2) is 12.2 Å². The van der Waals surface area contributed by atoms with E-state index in [0.29, 0.717) is 5.92 Å². The first-order valence-electron chi connectivity index (χ1n) is 6.59. The highest BCUT2D eigenvalue weighted by Crippen LogP contribution is 2.34. The molecule has 2 aliphatic rings. The van der Waals surface area contributed by atoms with Crippen LogP contribution in [0.2, 0.25) is 0 Å². The summed E-state index contributed by atoms with van der Waals surface area (Å²) in [4.78, 5) is 22.5. The van der Waals surface area contributed by atoms with Crippen molar-refractivity contribution in [1.29, 1.82) is 0 Å². The summed E-state index contributed by atoms with van der Waals surface area (Å²) in [6, 6.07) is -0.269. The third-order valence-corrected chi connectivity index (χ3v) is 3.51. The Balaban J connectivity index is 1.77. The molecule has 3 N–H and O–H groups in total. The molecule has 1 saturated carbocycles. The summed E-state index contributed by atoms with van der Waals surface area (Å²) in [6.45, 7) is 0. The van der Waals surface area contributed by atoms with E-state index in [1.807, 2.05) is 0 Å². The first kappa shape index (κ1) is 12.9. The van der Waals surface area contributed by atoms with Crippen molar-refractivity contribution in [2.45, 2.75) is 50.6 Å². The zero-order chi connectivity index (χ0) is 13.0. The molecule has 100 valence electrons. The maximum atomic E-state index is 11.8. The van der Waals surface area contributed by atoms with Crippen molar-refractivity contribution in [3.05, 3.63) is 12.2 Å². The number of carbonyl (C=O) groups is 2. The van der Waals surface area contributed by atoms with Gasteiger partial charge in [0.2, 0.25) is 0 Å². The minimum absolute atomic E-state index is 0.0165. The largest absolute Gasteiger partial charge is 0.481 e. The van der Waals surface area contributed by atoms with Gasteiger partial charge < -0.3 is 15.7 Å². The summed E-state index contributed by atoms with van der Waals surface area (Å²) >= 11 is 0. The Bertz CT molecular complexity index is 350. The minimum Gasteiger partial charge on any atom is -0.481 e. The van der Waals surface area contributed by atoms with Gasteiger partial charge in [-0.1, -0.05) is 12.2 Å². The highest BCUT2D eigenvalue weighted by Gasteiger charge is 2.33. The number of allylic oxidation sites excluding steroid dienone is 1. The number of urea groups is 1. The second-order valence-corrected chi connectivity index (χ2v) is 5.14. The molecule has 2 unspecified atom stereocenters. The molecule has 5 nitrogen and oxygen atoms in total. The number of nitrogens with one attached hydrogen (secondary N) is 2. The monoisotopic (exact) mass is 252 g/mol. The zero-order valence-electron chi connectivity index (χ0n) is 10.4. The molecule has 2 rings (SSSR count). The van der Waals surface area contributed by atoms with Crippen LogP contribution in [-0.2, 0) is 4.79 Å². The smallest absolute Gasteiger partial charge is 0.315 e. The van der Waals surface area contributed by atoms with Crippen LogP contribution in [0, 0.1) is 5.92 Å². The van der Waals surface area contributed by atoms with Crippen molar-refractivity contribution in [2.75, 3.05) is 0 Å². The number of aliphatic carboxylic acids is 1. The van der Waals surface area contributed by atoms with Gasteiger partial charge in [-0.15, -0.1) is 0 Å². The summed E-state index contributed by atoms with van der Waals surface area (Å²) in [5.74, 6) is -0.508. The molecule has 5 heteroatoms. The third-order valence-electron chi connectivity index (χ3n) is 3.51. The molecule has 1 fully saturated rings. The highest BCUT2D eigenvalue weighted by molar-refractivity contribution is 5.76. The predicted molar refractivity (Wildman–Crippen MR) is 67.2 cm³/mol. The van der Waals surface area contributed by atoms with Crippen LogP contribution in [0.1, 0.15) is 38.5 Å². The molecule has 0 aromatic rings. The zero-order valence-corrected chi connectivity index (χ0v) is 10.4. The number of amides is 2. The van der Waals surface area contributed by atoms with Gasteiger partial charge in [-0.3, -0.25) is 4.79 Å². The molecule has 0 spiro atoms. The molecule has 0 saturated heterocycles. The molecular weight excluding hydrogens is 232 g/mol. The molecular formula is C13H20N2O3. The number of hydrogen-bond acceptors (Lipinski definition) is 2. The SMILES string of the molecule is O=C(O)CC(NC(=O)NC1CC=CCC1)C1CC1. The number of carbonyl (C=O) groups excluding carboxylic acids is 1. The van der Waals surface area contributed by atoms with E-state index in [1.165, 1.54) is 0 Å². The quantitative estimate of drug-likeness (QED) is 0.651. The van der Waals surface area contributed by atoms with Gasteiger partial charge in [-0.05, 0) is 38.0 Å². The fourth-order valence-electron chi connectivity index (χ4n) is 2.34. The first-order chi connectivity index (χ1) is 8.65. The van der Waals surface area contributed by atoms with E-state index >= 15 is 0 Å². The van der Waals surface area contributed by atoms with Crippen molar-refractivity contribution >= 4 is 12.0 Å². The van der Waals surface area contributed by atoms with Crippen LogP contribution in [0.5, 0.6) is 0 Å². The van der Waals surface area contributed by atoms with Crippen molar-refractivity contribution in [3.63, 3.8) is 0 Å². The average Bonchev–Trinajstić information content (AvgIpc) is 3.12. The van der Waals surface area contributed by atoms with Crippen molar-refractivity contribution in [3.8, 4) is 0 Å². The predicted octanol–water partition coefficient (Wildman–Crippen LogP) is 1.65. The van der Waals surface area contributed by atoms with Crippen molar-refractivity contribution in [2.24, 2.45) is 5.92 Å². The van der Waals surface area contributed by atoms with E-state index in [2.05, 4.69) is 22.8 Å². The highest BCUT2D eigenvalue weighted by atomic mass is 16.4. The van der Waals surface area contributed by atoms with E-state index in [1.54, 1.807) is 0 Å². The van der Waals surface area contributed by atoms with Gasteiger partial charge in [0.05, 0.1) is 6.42 Å². The van der Waals surface area contributed by atoms with Crippen LogP contribution < -0.4 is 10.6 Å². The lowest BCUT2D eigenvalue weighted by atomic mass is 10.0. The van der Waals surface area contributed by atoms with Gasteiger partial charge in [-0.25, -0.2) is 4.79 Å². The Morgan fingerprint density at radius 2 is 2.06 bits per heavy atom. The van der Waals surface area contributed by atoms with Crippen LogP contribution in [0.4, 0.5) is 4.79 Å². The van der Waals surface area contributed by atoms with E-state index in [-0.39, 0.29) is 24.5 Å². The van der Waals surface area contributed by atoms with Crippen LogP contribution in [0.25, 0.3) is 0 Å². The Morgan fingerprint density at radius 3 is 2.61 bits per heavy atom. The van der Waals surface area contributed by atoms with Crippen LogP contribution >= 0.6 is 0 Å². The molecule has 0 bridgehead atoms. The number of carboxylic acids is 1. The molecule has 0 aromatic heterocycles. The lowest BCUT2D eigenvalue weighted by Gasteiger charge is -2.22. The summed E-state index contributed by atoms with van der Waals surface area (Å²) in [6.07, 6.45) is 9.05. The fraction of sp³-hybridized carbons (Fsp3) is 0.692. The van der Waals surface area contributed by atoms with Gasteiger partial charge in [-0.2, -0.15) is 0 Å². The normalized spacial score (nSPS) is 24.3. The van der Waals surface area contributed by atoms with Crippen LogP contribution in [0.3, 0.4) is 0 Å². The van der Waals surface area contributed by atoms with Crippen molar-refractivity contribution in [1.82, 2.24) is 10.6 Å². The van der Waals surface area contributed by atoms with Gasteiger partial charge in [0.15, 0.2) is 0 Å². The van der Waals surface area contributed by atoms with Gasteiger partial charge >= 0.3 is 12.0 Å².